The lowest BCUT2D eigenvalue weighted by Crippen LogP contribution is -1.86. The summed E-state index contributed by atoms with van der Waals surface area (Å²) < 4.78 is 0. The van der Waals surface area contributed by atoms with E-state index in [1.165, 1.54) is 9.81 Å². The molecule has 0 fully saturated rings. The summed E-state index contributed by atoms with van der Waals surface area (Å²) in [5.41, 5.74) is 1.10. The molecule has 1 atom stereocenters. The molecule has 0 aromatic heterocycles. The summed E-state index contributed by atoms with van der Waals surface area (Å²) in [6, 6.07) is 0. The molecule has 1 heteroatoms. The second-order valence-corrected chi connectivity index (χ2v) is 5.99. The van der Waals surface area contributed by atoms with Gasteiger partial charge >= 0.3 is 0 Å². The van der Waals surface area contributed by atoms with E-state index in [4.69, 9.17) is 0 Å². The van der Waals surface area contributed by atoms with Crippen LogP contribution in [0.4, 0.5) is 0 Å². The van der Waals surface area contributed by atoms with Crippen molar-refractivity contribution in [2.75, 3.05) is 0 Å². The summed E-state index contributed by atoms with van der Waals surface area (Å²) >= 11 is 1.77. The van der Waals surface area contributed by atoms with Crippen LogP contribution in [0, 0.1) is 5.92 Å². The summed E-state index contributed by atoms with van der Waals surface area (Å²) in [5.74, 6) is 0.535. The van der Waals surface area contributed by atoms with Gasteiger partial charge in [0.2, 0.25) is 0 Å². The molecule has 0 heterocycles. The monoisotopic (exact) mass is 288 g/mol. The van der Waals surface area contributed by atoms with E-state index in [2.05, 4.69) is 69.9 Å². The van der Waals surface area contributed by atoms with Gasteiger partial charge in [0.1, 0.15) is 0 Å². The van der Waals surface area contributed by atoms with Crippen LogP contribution in [0.3, 0.4) is 0 Å². The maximum absolute atomic E-state index is 4.03. The van der Waals surface area contributed by atoms with Gasteiger partial charge in [-0.05, 0) is 56.6 Å². The first-order valence-corrected chi connectivity index (χ1v) is 8.01. The Bertz CT molecular complexity index is 431. The van der Waals surface area contributed by atoms with Crippen LogP contribution in [0.15, 0.2) is 70.6 Å². The lowest BCUT2D eigenvalue weighted by Gasteiger charge is -2.06. The van der Waals surface area contributed by atoms with Gasteiger partial charge in [-0.2, -0.15) is 0 Å². The highest BCUT2D eigenvalue weighted by molar-refractivity contribution is 8.06. The highest BCUT2D eigenvalue weighted by atomic mass is 32.2. The van der Waals surface area contributed by atoms with Crippen molar-refractivity contribution in [2.45, 2.75) is 41.0 Å². The molecule has 0 nitrogen and oxygen atoms in total. The van der Waals surface area contributed by atoms with Gasteiger partial charge in [-0.25, -0.2) is 0 Å². The summed E-state index contributed by atoms with van der Waals surface area (Å²) in [4.78, 5) is 2.49. The van der Waals surface area contributed by atoms with E-state index in [0.29, 0.717) is 5.92 Å². The van der Waals surface area contributed by atoms with Gasteiger partial charge < -0.3 is 0 Å². The van der Waals surface area contributed by atoms with Crippen molar-refractivity contribution >= 4 is 11.8 Å². The normalized spacial score (nSPS) is 15.7. The summed E-state index contributed by atoms with van der Waals surface area (Å²) in [5, 5.41) is 0. The highest BCUT2D eigenvalue weighted by Crippen LogP contribution is 2.29. The molecular weight excluding hydrogens is 260 g/mol. The van der Waals surface area contributed by atoms with Crippen molar-refractivity contribution in [1.82, 2.24) is 0 Å². The largest absolute Gasteiger partial charge is 0.0950 e. The third-order valence-corrected chi connectivity index (χ3v) is 3.89. The molecule has 0 saturated carbocycles. The van der Waals surface area contributed by atoms with Crippen LogP contribution in [0.2, 0.25) is 0 Å². The molecule has 0 spiro atoms. The van der Waals surface area contributed by atoms with Crippen LogP contribution in [-0.2, 0) is 0 Å². The maximum atomic E-state index is 4.03. The SMILES string of the molecule is C=C(C)/C(=C\C=C/C)S/C(C)=C/C=CC(/C=C\C)CC. The Kier molecular flexibility index (Phi) is 10.9. The molecule has 0 aliphatic rings. The Morgan fingerprint density at radius 3 is 2.25 bits per heavy atom. The number of allylic oxidation sites excluding steroid dienone is 10. The lowest BCUT2D eigenvalue weighted by molar-refractivity contribution is 0.773. The van der Waals surface area contributed by atoms with E-state index in [0.717, 1.165) is 12.0 Å². The Labute approximate surface area is 129 Å². The van der Waals surface area contributed by atoms with Crippen LogP contribution in [0.25, 0.3) is 0 Å². The predicted molar refractivity (Wildman–Crippen MR) is 96.8 cm³/mol. The van der Waals surface area contributed by atoms with Gasteiger partial charge in [0.05, 0.1) is 0 Å². The average molecular weight is 289 g/mol. The zero-order chi connectivity index (χ0) is 15.4. The first-order valence-electron chi connectivity index (χ1n) is 7.19. The average Bonchev–Trinajstić information content (AvgIpc) is 2.42. The molecule has 0 aromatic carbocycles. The molecule has 0 N–H and O–H groups in total. The van der Waals surface area contributed by atoms with E-state index in [-0.39, 0.29) is 0 Å². The first kappa shape index (κ1) is 18.8. The van der Waals surface area contributed by atoms with E-state index < -0.39 is 0 Å². The predicted octanol–water partition coefficient (Wildman–Crippen LogP) is 6.82. The Balaban J connectivity index is 4.73. The van der Waals surface area contributed by atoms with Gasteiger partial charge in [-0.15, -0.1) is 0 Å². The topological polar surface area (TPSA) is 0 Å². The van der Waals surface area contributed by atoms with Gasteiger partial charge in [0, 0.05) is 4.91 Å². The van der Waals surface area contributed by atoms with Crippen LogP contribution >= 0.6 is 11.8 Å². The summed E-state index contributed by atoms with van der Waals surface area (Å²) in [7, 11) is 0. The summed E-state index contributed by atoms with van der Waals surface area (Å²) in [6.07, 6.45) is 18.3. The number of hydrogen-bond donors (Lipinski definition) is 0. The zero-order valence-electron chi connectivity index (χ0n) is 13.5. The molecule has 0 bridgehead atoms. The van der Waals surface area contributed by atoms with Crippen molar-refractivity contribution in [3.05, 3.63) is 70.6 Å². The molecule has 0 aliphatic carbocycles. The van der Waals surface area contributed by atoms with Gasteiger partial charge in [0.25, 0.3) is 0 Å². The van der Waals surface area contributed by atoms with Gasteiger partial charge in [-0.1, -0.05) is 67.8 Å². The Hall–Kier alpha value is -1.21. The molecule has 0 aliphatic heterocycles. The van der Waals surface area contributed by atoms with Crippen molar-refractivity contribution in [3.63, 3.8) is 0 Å². The minimum atomic E-state index is 0.535. The van der Waals surface area contributed by atoms with E-state index in [1.54, 1.807) is 11.8 Å². The molecule has 0 saturated heterocycles. The molecule has 0 aromatic rings. The fraction of sp³-hybridized carbons (Fsp3) is 0.368. The van der Waals surface area contributed by atoms with Crippen LogP contribution in [-0.4, -0.2) is 0 Å². The van der Waals surface area contributed by atoms with Gasteiger partial charge in [0.15, 0.2) is 0 Å². The van der Waals surface area contributed by atoms with Crippen LogP contribution in [0.5, 0.6) is 0 Å². The van der Waals surface area contributed by atoms with Crippen LogP contribution < -0.4 is 0 Å². The number of thioether (sulfide) groups is 1. The maximum Gasteiger partial charge on any atom is 0.0142 e. The van der Waals surface area contributed by atoms with Crippen molar-refractivity contribution in [1.29, 1.82) is 0 Å². The van der Waals surface area contributed by atoms with Crippen molar-refractivity contribution < 1.29 is 0 Å². The van der Waals surface area contributed by atoms with E-state index >= 15 is 0 Å². The quantitative estimate of drug-likeness (QED) is 0.349. The molecule has 0 radical (unpaired) electrons. The van der Waals surface area contributed by atoms with Crippen LogP contribution in [0.1, 0.15) is 41.0 Å². The van der Waals surface area contributed by atoms with Gasteiger partial charge in [-0.3, -0.25) is 0 Å². The number of hydrogen-bond acceptors (Lipinski definition) is 1. The third-order valence-electron chi connectivity index (χ3n) is 2.73. The molecule has 20 heavy (non-hydrogen) atoms. The molecule has 1 unspecified atom stereocenters. The smallest absolute Gasteiger partial charge is 0.0142 e. The fourth-order valence-electron chi connectivity index (χ4n) is 1.57. The zero-order valence-corrected chi connectivity index (χ0v) is 14.3. The van der Waals surface area contributed by atoms with Crippen molar-refractivity contribution in [2.24, 2.45) is 5.92 Å². The minimum absolute atomic E-state index is 0.535. The van der Waals surface area contributed by atoms with Crippen molar-refractivity contribution in [3.8, 4) is 0 Å². The second-order valence-electron chi connectivity index (χ2n) is 4.70. The first-order chi connectivity index (χ1) is 9.54. The molecule has 110 valence electrons. The molecular formula is C19H28S. The third kappa shape index (κ3) is 8.82. The Morgan fingerprint density at radius 1 is 1.05 bits per heavy atom. The fourth-order valence-corrected chi connectivity index (χ4v) is 2.39. The van der Waals surface area contributed by atoms with E-state index in [9.17, 15) is 0 Å². The molecule has 0 rings (SSSR count). The number of rotatable bonds is 8. The van der Waals surface area contributed by atoms with E-state index in [1.807, 2.05) is 19.9 Å². The lowest BCUT2D eigenvalue weighted by atomic mass is 10.1. The molecule has 0 amide bonds. The minimum Gasteiger partial charge on any atom is -0.0950 e. The second kappa shape index (κ2) is 11.6. The highest BCUT2D eigenvalue weighted by Gasteiger charge is 1.99. The standard InChI is InChI=1S/C19H28S/c1-7-10-15-19(16(4)5)20-17(6)13-11-14-18(9-3)12-8-2/h7-8,10-15,18H,4,9H2,1-3,5-6H3/b10-7-,12-8-,14-11?,17-13+,19-15+. The summed E-state index contributed by atoms with van der Waals surface area (Å²) in [6.45, 7) is 14.5. The Morgan fingerprint density at radius 2 is 1.75 bits per heavy atom.